The quantitative estimate of drug-likeness (QED) is 0.683. The van der Waals surface area contributed by atoms with Crippen LogP contribution in [0.1, 0.15) is 23.2 Å². The summed E-state index contributed by atoms with van der Waals surface area (Å²) in [5.41, 5.74) is -0.271. The molecule has 2 fully saturated rings. The Hall–Kier alpha value is -3.32. The van der Waals surface area contributed by atoms with Crippen molar-refractivity contribution in [2.24, 2.45) is 0 Å². The lowest BCUT2D eigenvalue weighted by Gasteiger charge is -2.35. The largest absolute Gasteiger partial charge is 0.380 e. The number of halogens is 2. The highest BCUT2D eigenvalue weighted by Crippen LogP contribution is 2.37. The van der Waals surface area contributed by atoms with Gasteiger partial charge in [-0.2, -0.15) is 0 Å². The Labute approximate surface area is 183 Å². The first-order valence-corrected chi connectivity index (χ1v) is 10.6. The van der Waals surface area contributed by atoms with Gasteiger partial charge < -0.3 is 14.9 Å². The van der Waals surface area contributed by atoms with Crippen molar-refractivity contribution in [2.75, 3.05) is 26.2 Å². The Kier molecular flexibility index (Phi) is 4.93. The van der Waals surface area contributed by atoms with Gasteiger partial charge in [0.05, 0.1) is 5.56 Å². The molecule has 0 radical (unpaired) electrons. The van der Waals surface area contributed by atoms with Gasteiger partial charge >= 0.3 is 0 Å². The predicted molar refractivity (Wildman–Crippen MR) is 116 cm³/mol. The normalized spacial score (nSPS) is 17.5. The van der Waals surface area contributed by atoms with Gasteiger partial charge in [-0.3, -0.25) is 9.59 Å². The third-order valence-electron chi connectivity index (χ3n) is 6.32. The molecule has 1 saturated heterocycles. The van der Waals surface area contributed by atoms with E-state index in [9.17, 15) is 23.5 Å². The van der Waals surface area contributed by atoms with Crippen molar-refractivity contribution >= 4 is 22.6 Å². The smallest absolute Gasteiger partial charge is 0.256 e. The molecular weight excluding hydrogens is 414 g/mol. The molecule has 2 aliphatic rings. The molecule has 1 saturated carbocycles. The van der Waals surface area contributed by atoms with Crippen molar-refractivity contribution in [1.82, 2.24) is 9.80 Å². The summed E-state index contributed by atoms with van der Waals surface area (Å²) in [6.07, 6.45) is 0.952. The van der Waals surface area contributed by atoms with Crippen molar-refractivity contribution in [1.29, 1.82) is 0 Å². The van der Waals surface area contributed by atoms with E-state index in [1.54, 1.807) is 35.2 Å². The Morgan fingerprint density at radius 1 is 0.812 bits per heavy atom. The predicted octanol–water partition coefficient (Wildman–Crippen LogP) is 3.59. The number of hydrogen-bond acceptors (Lipinski definition) is 3. The minimum Gasteiger partial charge on any atom is -0.380 e. The topological polar surface area (TPSA) is 60.9 Å². The van der Waals surface area contributed by atoms with E-state index in [4.69, 9.17) is 0 Å². The highest BCUT2D eigenvalue weighted by Gasteiger charge is 2.50. The molecule has 0 unspecified atom stereocenters. The molecule has 7 heteroatoms. The molecule has 3 aromatic rings. The zero-order valence-electron chi connectivity index (χ0n) is 17.4. The van der Waals surface area contributed by atoms with E-state index in [1.165, 1.54) is 23.1 Å². The van der Waals surface area contributed by atoms with Gasteiger partial charge in [-0.05, 0) is 53.6 Å². The Morgan fingerprint density at radius 2 is 1.47 bits per heavy atom. The van der Waals surface area contributed by atoms with E-state index in [-0.39, 0.29) is 30.4 Å². The maximum atomic E-state index is 14.9. The first kappa shape index (κ1) is 20.6. The Bertz CT molecular complexity index is 1230. The van der Waals surface area contributed by atoms with Gasteiger partial charge in [-0.25, -0.2) is 8.78 Å². The molecule has 1 N–H and O–H groups in total. The molecule has 0 atom stereocenters. The summed E-state index contributed by atoms with van der Waals surface area (Å²) in [5, 5.41) is 11.2. The molecule has 0 bridgehead atoms. The average molecular weight is 436 g/mol. The standard InChI is InChI=1S/C25H22F2N2O3/c26-21-15-18(13-17-3-1-2-4-19(17)21)16-5-6-20(22(27)14-16)23(30)28-9-11-29(12-10-28)24(31)25(32)7-8-25/h1-6,13-15,32H,7-12H2. The van der Waals surface area contributed by atoms with Crippen LogP contribution in [-0.4, -0.2) is 58.5 Å². The van der Waals surface area contributed by atoms with Gasteiger partial charge in [0, 0.05) is 31.6 Å². The highest BCUT2D eigenvalue weighted by molar-refractivity contribution is 5.96. The molecule has 0 spiro atoms. The Balaban J connectivity index is 1.32. The first-order valence-electron chi connectivity index (χ1n) is 10.6. The maximum absolute atomic E-state index is 14.9. The summed E-state index contributed by atoms with van der Waals surface area (Å²) in [4.78, 5) is 28.2. The number of rotatable bonds is 3. The van der Waals surface area contributed by atoms with E-state index in [1.807, 2.05) is 6.07 Å². The zero-order valence-corrected chi connectivity index (χ0v) is 17.4. The SMILES string of the molecule is O=C(c1ccc(-c2cc(F)c3ccccc3c2)cc1F)N1CCN(C(=O)C2(O)CC2)CC1. The van der Waals surface area contributed by atoms with Gasteiger partial charge in [-0.1, -0.05) is 30.3 Å². The van der Waals surface area contributed by atoms with Crippen LogP contribution in [0.15, 0.2) is 54.6 Å². The summed E-state index contributed by atoms with van der Waals surface area (Å²) in [6.45, 7) is 1.17. The van der Waals surface area contributed by atoms with Crippen LogP contribution in [0.5, 0.6) is 0 Å². The number of amides is 2. The lowest BCUT2D eigenvalue weighted by Crippen LogP contribution is -2.53. The summed E-state index contributed by atoms with van der Waals surface area (Å²) >= 11 is 0. The molecule has 1 aliphatic heterocycles. The van der Waals surface area contributed by atoms with E-state index in [0.29, 0.717) is 47.8 Å². The maximum Gasteiger partial charge on any atom is 0.256 e. The number of carbonyl (C=O) groups excluding carboxylic acids is 2. The van der Waals surface area contributed by atoms with Crippen molar-refractivity contribution in [3.63, 3.8) is 0 Å². The van der Waals surface area contributed by atoms with Crippen LogP contribution in [0, 0.1) is 11.6 Å². The minimum absolute atomic E-state index is 0.0596. The number of nitrogens with zero attached hydrogens (tertiary/aromatic N) is 2. The molecule has 32 heavy (non-hydrogen) atoms. The molecule has 3 aromatic carbocycles. The number of piperazine rings is 1. The fourth-order valence-electron chi connectivity index (χ4n) is 4.21. The Morgan fingerprint density at radius 3 is 2.16 bits per heavy atom. The van der Waals surface area contributed by atoms with Crippen LogP contribution < -0.4 is 0 Å². The highest BCUT2D eigenvalue weighted by atomic mass is 19.1. The van der Waals surface area contributed by atoms with Crippen molar-refractivity contribution < 1.29 is 23.5 Å². The molecular formula is C25H22F2N2O3. The van der Waals surface area contributed by atoms with Crippen LogP contribution in [0.3, 0.4) is 0 Å². The lowest BCUT2D eigenvalue weighted by molar-refractivity contribution is -0.143. The minimum atomic E-state index is -1.23. The second-order valence-corrected chi connectivity index (χ2v) is 8.49. The number of fused-ring (bicyclic) bond motifs is 1. The molecule has 1 heterocycles. The molecule has 5 rings (SSSR count). The van der Waals surface area contributed by atoms with Gasteiger partial charge in [0.15, 0.2) is 0 Å². The molecule has 0 aromatic heterocycles. The van der Waals surface area contributed by atoms with Crippen molar-refractivity contribution in [3.05, 3.63) is 71.8 Å². The average Bonchev–Trinajstić information content (AvgIpc) is 3.56. The molecule has 1 aliphatic carbocycles. The van der Waals surface area contributed by atoms with E-state index in [0.717, 1.165) is 0 Å². The molecule has 5 nitrogen and oxygen atoms in total. The second-order valence-electron chi connectivity index (χ2n) is 8.49. The monoisotopic (exact) mass is 436 g/mol. The number of hydrogen-bond donors (Lipinski definition) is 1. The van der Waals surface area contributed by atoms with Crippen molar-refractivity contribution in [2.45, 2.75) is 18.4 Å². The summed E-state index contributed by atoms with van der Waals surface area (Å²) in [7, 11) is 0. The summed E-state index contributed by atoms with van der Waals surface area (Å²) in [6, 6.07) is 14.5. The van der Waals surface area contributed by atoms with Crippen LogP contribution in [0.25, 0.3) is 21.9 Å². The third kappa shape index (κ3) is 3.62. The van der Waals surface area contributed by atoms with Gasteiger partial charge in [0.25, 0.3) is 11.8 Å². The third-order valence-corrected chi connectivity index (χ3v) is 6.32. The zero-order chi connectivity index (χ0) is 22.5. The van der Waals surface area contributed by atoms with E-state index < -0.39 is 17.3 Å². The number of benzene rings is 3. The number of aliphatic hydroxyl groups is 1. The first-order chi connectivity index (χ1) is 15.4. The molecule has 164 valence electrons. The van der Waals surface area contributed by atoms with Gasteiger partial charge in [0.2, 0.25) is 0 Å². The number of carbonyl (C=O) groups is 2. The second kappa shape index (κ2) is 7.67. The van der Waals surface area contributed by atoms with Crippen LogP contribution in [0.4, 0.5) is 8.78 Å². The fraction of sp³-hybridized carbons (Fsp3) is 0.280. The van der Waals surface area contributed by atoms with Crippen LogP contribution in [0.2, 0.25) is 0 Å². The van der Waals surface area contributed by atoms with E-state index >= 15 is 0 Å². The summed E-state index contributed by atoms with van der Waals surface area (Å²) in [5.74, 6) is -1.80. The lowest BCUT2D eigenvalue weighted by atomic mass is 9.99. The van der Waals surface area contributed by atoms with Crippen molar-refractivity contribution in [3.8, 4) is 11.1 Å². The summed E-state index contributed by atoms with van der Waals surface area (Å²) < 4.78 is 29.3. The molecule has 2 amide bonds. The van der Waals surface area contributed by atoms with Gasteiger partial charge in [-0.15, -0.1) is 0 Å². The van der Waals surface area contributed by atoms with E-state index in [2.05, 4.69) is 0 Å². The van der Waals surface area contributed by atoms with Crippen LogP contribution >= 0.6 is 0 Å². The fourth-order valence-corrected chi connectivity index (χ4v) is 4.21. The van der Waals surface area contributed by atoms with Gasteiger partial charge in [0.1, 0.15) is 17.2 Å². The van der Waals surface area contributed by atoms with Crippen LogP contribution in [-0.2, 0) is 4.79 Å².